The maximum Gasteiger partial charge on any atom is 0.219 e. The van der Waals surface area contributed by atoms with Crippen LogP contribution in [0.5, 0.6) is 0 Å². The van der Waals surface area contributed by atoms with Crippen LogP contribution in [0.15, 0.2) is 28.7 Å². The normalized spacial score (nSPS) is 23.4. The Kier molecular flexibility index (Phi) is 4.99. The lowest BCUT2D eigenvalue weighted by Crippen LogP contribution is -2.49. The molecule has 1 aromatic rings. The van der Waals surface area contributed by atoms with Crippen molar-refractivity contribution in [3.8, 4) is 0 Å². The number of carbonyl (C=O) groups excluding carboxylic acids is 1. The Bertz CT molecular complexity index is 450. The van der Waals surface area contributed by atoms with Crippen molar-refractivity contribution in [3.63, 3.8) is 0 Å². The molecule has 1 fully saturated rings. The van der Waals surface area contributed by atoms with Gasteiger partial charge in [0.15, 0.2) is 0 Å². The van der Waals surface area contributed by atoms with E-state index in [1.807, 2.05) is 11.0 Å². The van der Waals surface area contributed by atoms with Gasteiger partial charge in [-0.2, -0.15) is 0 Å². The minimum absolute atomic E-state index is 0.191. The number of hydrogen-bond donors (Lipinski definition) is 1. The van der Waals surface area contributed by atoms with Gasteiger partial charge in [0, 0.05) is 37.1 Å². The van der Waals surface area contributed by atoms with Crippen LogP contribution in [0.2, 0.25) is 0 Å². The minimum Gasteiger partial charge on any atom is -0.343 e. The number of benzene rings is 1. The predicted molar refractivity (Wildman–Crippen MR) is 80.8 cm³/mol. The summed E-state index contributed by atoms with van der Waals surface area (Å²) in [6.07, 6.45) is 1.03. The van der Waals surface area contributed by atoms with Gasteiger partial charge in [0.1, 0.15) is 0 Å². The highest BCUT2D eigenvalue weighted by molar-refractivity contribution is 9.10. The summed E-state index contributed by atoms with van der Waals surface area (Å²) < 4.78 is 1.15. The molecule has 1 aliphatic heterocycles. The molecular formula is C15H21BrN2O. The molecule has 0 unspecified atom stereocenters. The van der Waals surface area contributed by atoms with Crippen LogP contribution in [0.3, 0.4) is 0 Å². The Morgan fingerprint density at radius 2 is 2.21 bits per heavy atom. The number of carbonyl (C=O) groups is 1. The topological polar surface area (TPSA) is 32.3 Å². The van der Waals surface area contributed by atoms with Crippen LogP contribution in [0.25, 0.3) is 0 Å². The van der Waals surface area contributed by atoms with Crippen LogP contribution in [-0.2, 0) is 11.3 Å². The summed E-state index contributed by atoms with van der Waals surface area (Å²) in [5.74, 6) is 0.691. The van der Waals surface area contributed by atoms with E-state index in [-0.39, 0.29) is 5.91 Å². The van der Waals surface area contributed by atoms with E-state index < -0.39 is 0 Å². The fourth-order valence-corrected chi connectivity index (χ4v) is 3.04. The van der Waals surface area contributed by atoms with Crippen molar-refractivity contribution in [2.45, 2.75) is 32.9 Å². The number of nitrogens with zero attached hydrogens (tertiary/aromatic N) is 1. The van der Waals surface area contributed by atoms with Gasteiger partial charge >= 0.3 is 0 Å². The van der Waals surface area contributed by atoms with Crippen molar-refractivity contribution in [2.24, 2.45) is 5.92 Å². The van der Waals surface area contributed by atoms with Gasteiger partial charge in [-0.3, -0.25) is 4.79 Å². The largest absolute Gasteiger partial charge is 0.343 e. The van der Waals surface area contributed by atoms with Gasteiger partial charge in [-0.05, 0) is 24.0 Å². The van der Waals surface area contributed by atoms with Crippen LogP contribution in [0, 0.1) is 5.92 Å². The van der Waals surface area contributed by atoms with Crippen molar-refractivity contribution in [2.75, 3.05) is 13.1 Å². The average molecular weight is 325 g/mol. The van der Waals surface area contributed by atoms with Crippen molar-refractivity contribution in [3.05, 3.63) is 34.3 Å². The molecule has 0 bridgehead atoms. The molecule has 1 aromatic carbocycles. The lowest BCUT2D eigenvalue weighted by atomic mass is 9.93. The molecule has 2 rings (SSSR count). The van der Waals surface area contributed by atoms with E-state index in [4.69, 9.17) is 0 Å². The summed E-state index contributed by atoms with van der Waals surface area (Å²) in [7, 11) is 0. The van der Waals surface area contributed by atoms with Crippen molar-refractivity contribution in [1.82, 2.24) is 10.2 Å². The SMILES string of the molecule is CC(=O)N1CC[C@H](NCc2ccccc2Br)[C@@H](C)C1. The van der Waals surface area contributed by atoms with Crippen LogP contribution in [-0.4, -0.2) is 29.9 Å². The Hall–Kier alpha value is -0.870. The molecule has 1 amide bonds. The predicted octanol–water partition coefficient (Wildman–Crippen LogP) is 2.80. The van der Waals surface area contributed by atoms with Gasteiger partial charge in [0.05, 0.1) is 0 Å². The first-order valence-corrected chi connectivity index (χ1v) is 7.59. The van der Waals surface area contributed by atoms with Crippen LogP contribution < -0.4 is 5.32 Å². The molecule has 1 N–H and O–H groups in total. The second-order valence-corrected chi connectivity index (χ2v) is 6.16. The van der Waals surface area contributed by atoms with Gasteiger partial charge in [0.2, 0.25) is 5.91 Å². The third kappa shape index (κ3) is 3.80. The number of rotatable bonds is 3. The quantitative estimate of drug-likeness (QED) is 0.927. The zero-order chi connectivity index (χ0) is 13.8. The van der Waals surface area contributed by atoms with Gasteiger partial charge in [0.25, 0.3) is 0 Å². The molecule has 0 radical (unpaired) electrons. The van der Waals surface area contributed by atoms with E-state index in [0.29, 0.717) is 12.0 Å². The highest BCUT2D eigenvalue weighted by atomic mass is 79.9. The minimum atomic E-state index is 0.191. The molecule has 0 spiro atoms. The summed E-state index contributed by atoms with van der Waals surface area (Å²) >= 11 is 3.57. The van der Waals surface area contributed by atoms with E-state index in [1.165, 1.54) is 5.56 Å². The summed E-state index contributed by atoms with van der Waals surface area (Å²) in [6, 6.07) is 8.78. The van der Waals surface area contributed by atoms with E-state index in [1.54, 1.807) is 6.92 Å². The number of likely N-dealkylation sites (tertiary alicyclic amines) is 1. The van der Waals surface area contributed by atoms with Crippen molar-refractivity contribution < 1.29 is 4.79 Å². The lowest BCUT2D eigenvalue weighted by Gasteiger charge is -2.37. The molecule has 1 heterocycles. The third-order valence-corrected chi connectivity index (χ3v) is 4.64. The maximum atomic E-state index is 11.4. The van der Waals surface area contributed by atoms with Crippen LogP contribution >= 0.6 is 15.9 Å². The number of hydrogen-bond acceptors (Lipinski definition) is 2. The Morgan fingerprint density at radius 1 is 1.47 bits per heavy atom. The molecule has 2 atom stereocenters. The second kappa shape index (κ2) is 6.53. The molecular weight excluding hydrogens is 304 g/mol. The van der Waals surface area contributed by atoms with Crippen molar-refractivity contribution >= 4 is 21.8 Å². The fourth-order valence-electron chi connectivity index (χ4n) is 2.62. The molecule has 0 aromatic heterocycles. The molecule has 3 nitrogen and oxygen atoms in total. The first-order valence-electron chi connectivity index (χ1n) is 6.80. The Morgan fingerprint density at radius 3 is 2.84 bits per heavy atom. The second-order valence-electron chi connectivity index (χ2n) is 5.31. The van der Waals surface area contributed by atoms with E-state index in [9.17, 15) is 4.79 Å². The average Bonchev–Trinajstić information content (AvgIpc) is 2.39. The smallest absolute Gasteiger partial charge is 0.219 e. The van der Waals surface area contributed by atoms with Gasteiger partial charge in [-0.1, -0.05) is 41.1 Å². The monoisotopic (exact) mass is 324 g/mol. The Labute approximate surface area is 123 Å². The van der Waals surface area contributed by atoms with Crippen molar-refractivity contribution in [1.29, 1.82) is 0 Å². The number of nitrogens with one attached hydrogen (secondary N) is 1. The fraction of sp³-hybridized carbons (Fsp3) is 0.533. The molecule has 0 aliphatic carbocycles. The lowest BCUT2D eigenvalue weighted by molar-refractivity contribution is -0.130. The molecule has 4 heteroatoms. The maximum absolute atomic E-state index is 11.4. The zero-order valence-electron chi connectivity index (χ0n) is 11.5. The van der Waals surface area contributed by atoms with Crippen LogP contribution in [0.4, 0.5) is 0 Å². The summed E-state index contributed by atoms with van der Waals surface area (Å²) in [6.45, 7) is 6.47. The Balaban J connectivity index is 1.88. The standard InChI is InChI=1S/C15H21BrN2O/c1-11-10-18(12(2)19)8-7-15(11)17-9-13-5-3-4-6-14(13)16/h3-6,11,15,17H,7-10H2,1-2H3/t11-,15-/m0/s1. The van der Waals surface area contributed by atoms with Gasteiger partial charge < -0.3 is 10.2 Å². The highest BCUT2D eigenvalue weighted by Crippen LogP contribution is 2.19. The zero-order valence-corrected chi connectivity index (χ0v) is 13.1. The van der Waals surface area contributed by atoms with E-state index >= 15 is 0 Å². The third-order valence-electron chi connectivity index (χ3n) is 3.86. The first kappa shape index (κ1) is 14.5. The highest BCUT2D eigenvalue weighted by Gasteiger charge is 2.26. The summed E-state index contributed by atoms with van der Waals surface area (Å²) in [5, 5.41) is 3.62. The van der Waals surface area contributed by atoms with Crippen LogP contribution in [0.1, 0.15) is 25.8 Å². The molecule has 104 valence electrons. The number of amides is 1. The van der Waals surface area contributed by atoms with E-state index in [2.05, 4.69) is 46.4 Å². The molecule has 0 saturated carbocycles. The van der Waals surface area contributed by atoms with E-state index in [0.717, 1.165) is 30.5 Å². The van der Waals surface area contributed by atoms with Gasteiger partial charge in [-0.25, -0.2) is 0 Å². The number of halogens is 1. The molecule has 1 saturated heterocycles. The number of piperidine rings is 1. The summed E-state index contributed by atoms with van der Waals surface area (Å²) in [5.41, 5.74) is 1.28. The first-order chi connectivity index (χ1) is 9.08. The van der Waals surface area contributed by atoms with Gasteiger partial charge in [-0.15, -0.1) is 0 Å². The molecule has 19 heavy (non-hydrogen) atoms. The summed E-state index contributed by atoms with van der Waals surface area (Å²) in [4.78, 5) is 13.3. The molecule has 1 aliphatic rings.